The van der Waals surface area contributed by atoms with E-state index in [9.17, 15) is 8.78 Å². The maximum absolute atomic E-state index is 12.6. The highest BCUT2D eigenvalue weighted by Crippen LogP contribution is 2.29. The molecule has 1 heterocycles. The molecule has 1 aliphatic rings. The van der Waals surface area contributed by atoms with Gasteiger partial charge < -0.3 is 24.8 Å². The summed E-state index contributed by atoms with van der Waals surface area (Å²) >= 11 is 0. The fraction of sp³-hybridized carbons (Fsp3) is 0.682. The molecule has 0 bridgehead atoms. The lowest BCUT2D eigenvalue weighted by Crippen LogP contribution is -2.48. The second-order valence-corrected chi connectivity index (χ2v) is 7.72. The molecular formula is C22H36F2N4O3. The van der Waals surface area contributed by atoms with Crippen LogP contribution in [0, 0.1) is 5.92 Å². The number of morpholine rings is 1. The first-order valence-corrected chi connectivity index (χ1v) is 10.9. The Labute approximate surface area is 184 Å². The molecule has 2 rings (SSSR count). The Bertz CT molecular complexity index is 683. The molecular weight excluding hydrogens is 406 g/mol. The normalized spacial score (nSPS) is 16.5. The van der Waals surface area contributed by atoms with Crippen molar-refractivity contribution in [2.24, 2.45) is 10.9 Å². The second-order valence-electron chi connectivity index (χ2n) is 7.72. The lowest BCUT2D eigenvalue weighted by atomic mass is 10.0. The number of aliphatic imine (C=N–C) groups is 1. The number of methoxy groups -OCH3 is 1. The number of ether oxygens (including phenoxy) is 3. The summed E-state index contributed by atoms with van der Waals surface area (Å²) in [6.07, 6.45) is 0.630. The van der Waals surface area contributed by atoms with Gasteiger partial charge >= 0.3 is 6.61 Å². The summed E-state index contributed by atoms with van der Waals surface area (Å²) in [7, 11) is 1.43. The monoisotopic (exact) mass is 442 g/mol. The number of benzene rings is 1. The first-order chi connectivity index (χ1) is 14.9. The Balaban J connectivity index is 1.95. The highest BCUT2D eigenvalue weighted by atomic mass is 19.3. The van der Waals surface area contributed by atoms with Gasteiger partial charge in [-0.3, -0.25) is 9.89 Å². The van der Waals surface area contributed by atoms with Crippen LogP contribution in [-0.2, 0) is 11.2 Å². The zero-order chi connectivity index (χ0) is 22.6. The summed E-state index contributed by atoms with van der Waals surface area (Å²) in [4.78, 5) is 7.24. The van der Waals surface area contributed by atoms with Crippen LogP contribution in [0.25, 0.3) is 0 Å². The molecule has 1 saturated heterocycles. The van der Waals surface area contributed by atoms with Gasteiger partial charge in [0.2, 0.25) is 0 Å². The molecule has 0 saturated carbocycles. The molecule has 31 heavy (non-hydrogen) atoms. The van der Waals surface area contributed by atoms with Gasteiger partial charge in [-0.2, -0.15) is 8.78 Å². The van der Waals surface area contributed by atoms with Crippen LogP contribution < -0.4 is 20.1 Å². The van der Waals surface area contributed by atoms with Crippen LogP contribution in [0.5, 0.6) is 11.5 Å². The van der Waals surface area contributed by atoms with Crippen molar-refractivity contribution in [3.63, 3.8) is 0 Å². The average Bonchev–Trinajstić information content (AvgIpc) is 2.74. The molecule has 1 aliphatic heterocycles. The van der Waals surface area contributed by atoms with Gasteiger partial charge in [0.1, 0.15) is 0 Å². The molecule has 1 fully saturated rings. The molecule has 2 N–H and O–H groups in total. The van der Waals surface area contributed by atoms with E-state index in [2.05, 4.69) is 34.1 Å². The molecule has 1 atom stereocenters. The van der Waals surface area contributed by atoms with Crippen molar-refractivity contribution in [3.8, 4) is 11.5 Å². The van der Waals surface area contributed by atoms with Gasteiger partial charge in [-0.1, -0.05) is 19.9 Å². The lowest BCUT2D eigenvalue weighted by Gasteiger charge is -2.36. The van der Waals surface area contributed by atoms with Crippen LogP contribution in [0.3, 0.4) is 0 Å². The molecule has 7 nitrogen and oxygen atoms in total. The molecule has 0 aliphatic carbocycles. The number of nitrogens with zero attached hydrogens (tertiary/aromatic N) is 2. The fourth-order valence-corrected chi connectivity index (χ4v) is 3.57. The van der Waals surface area contributed by atoms with E-state index in [1.54, 1.807) is 12.1 Å². The minimum absolute atomic E-state index is 0.0425. The van der Waals surface area contributed by atoms with Gasteiger partial charge in [0.15, 0.2) is 17.5 Å². The van der Waals surface area contributed by atoms with Crippen molar-refractivity contribution >= 4 is 5.96 Å². The summed E-state index contributed by atoms with van der Waals surface area (Å²) in [6.45, 7) is 9.03. The predicted molar refractivity (Wildman–Crippen MR) is 118 cm³/mol. The highest BCUT2D eigenvalue weighted by molar-refractivity contribution is 5.79. The van der Waals surface area contributed by atoms with E-state index in [0.717, 1.165) is 44.4 Å². The minimum Gasteiger partial charge on any atom is -0.493 e. The molecule has 0 aromatic heterocycles. The van der Waals surface area contributed by atoms with Crippen LogP contribution >= 0.6 is 0 Å². The second kappa shape index (κ2) is 13.3. The Morgan fingerprint density at radius 3 is 2.55 bits per heavy atom. The van der Waals surface area contributed by atoms with E-state index in [0.29, 0.717) is 31.5 Å². The van der Waals surface area contributed by atoms with Crippen molar-refractivity contribution in [1.29, 1.82) is 0 Å². The number of nitrogens with one attached hydrogen (secondary N) is 2. The molecule has 1 aromatic rings. The van der Waals surface area contributed by atoms with E-state index in [1.165, 1.54) is 7.11 Å². The topological polar surface area (TPSA) is 67.4 Å². The minimum atomic E-state index is -2.89. The Hall–Kier alpha value is -2.13. The molecule has 0 spiro atoms. The number of guanidine groups is 1. The first kappa shape index (κ1) is 25.1. The largest absolute Gasteiger partial charge is 0.493 e. The Morgan fingerprint density at radius 1 is 1.19 bits per heavy atom. The Kier molecular flexibility index (Phi) is 10.8. The van der Waals surface area contributed by atoms with Gasteiger partial charge in [-0.05, 0) is 37.0 Å². The van der Waals surface area contributed by atoms with Crippen LogP contribution in [-0.4, -0.2) is 76.6 Å². The summed E-state index contributed by atoms with van der Waals surface area (Å²) in [5.74, 6) is 1.56. The maximum atomic E-state index is 12.6. The number of hydrogen-bond acceptors (Lipinski definition) is 5. The molecule has 1 aromatic carbocycles. The fourth-order valence-electron chi connectivity index (χ4n) is 3.57. The zero-order valence-corrected chi connectivity index (χ0v) is 19.0. The molecule has 0 radical (unpaired) electrons. The smallest absolute Gasteiger partial charge is 0.387 e. The molecule has 1 unspecified atom stereocenters. The average molecular weight is 443 g/mol. The molecule has 0 amide bonds. The van der Waals surface area contributed by atoms with Gasteiger partial charge in [-0.15, -0.1) is 0 Å². The van der Waals surface area contributed by atoms with Crippen molar-refractivity contribution < 1.29 is 23.0 Å². The molecule has 176 valence electrons. The van der Waals surface area contributed by atoms with E-state index in [4.69, 9.17) is 14.5 Å². The van der Waals surface area contributed by atoms with Gasteiger partial charge in [0.05, 0.1) is 26.9 Å². The highest BCUT2D eigenvalue weighted by Gasteiger charge is 2.23. The van der Waals surface area contributed by atoms with Crippen molar-refractivity contribution in [3.05, 3.63) is 23.8 Å². The van der Waals surface area contributed by atoms with E-state index < -0.39 is 6.61 Å². The molecule has 9 heteroatoms. The van der Waals surface area contributed by atoms with Crippen molar-refractivity contribution in [2.75, 3.05) is 53.0 Å². The van der Waals surface area contributed by atoms with Crippen LogP contribution in [0.1, 0.15) is 26.3 Å². The summed E-state index contributed by atoms with van der Waals surface area (Å²) < 4.78 is 40.4. The SMILES string of the molecule is CCNC(=NCC(C(C)C)N1CCOCC1)NCCc1ccc(OC)c(OC(F)F)c1. The van der Waals surface area contributed by atoms with Crippen molar-refractivity contribution in [2.45, 2.75) is 39.8 Å². The van der Waals surface area contributed by atoms with Crippen LogP contribution in [0.4, 0.5) is 8.78 Å². The van der Waals surface area contributed by atoms with Gasteiger partial charge in [-0.25, -0.2) is 0 Å². The van der Waals surface area contributed by atoms with E-state index in [1.807, 2.05) is 13.0 Å². The first-order valence-electron chi connectivity index (χ1n) is 10.9. The van der Waals surface area contributed by atoms with Gasteiger partial charge in [0, 0.05) is 32.2 Å². The zero-order valence-electron chi connectivity index (χ0n) is 19.0. The number of hydrogen-bond donors (Lipinski definition) is 2. The third-order valence-corrected chi connectivity index (χ3v) is 5.22. The quantitative estimate of drug-likeness (QED) is 0.406. The lowest BCUT2D eigenvalue weighted by molar-refractivity contribution is -0.0512. The predicted octanol–water partition coefficient (Wildman–Crippen LogP) is 2.75. The van der Waals surface area contributed by atoms with E-state index in [-0.39, 0.29) is 11.5 Å². The summed E-state index contributed by atoms with van der Waals surface area (Å²) in [5.41, 5.74) is 0.869. The number of halogens is 2. The van der Waals surface area contributed by atoms with Gasteiger partial charge in [0.25, 0.3) is 0 Å². The summed E-state index contributed by atoms with van der Waals surface area (Å²) in [5, 5.41) is 6.60. The van der Waals surface area contributed by atoms with Crippen molar-refractivity contribution in [1.82, 2.24) is 15.5 Å². The van der Waals surface area contributed by atoms with Crippen LogP contribution in [0.15, 0.2) is 23.2 Å². The Morgan fingerprint density at radius 2 is 1.94 bits per heavy atom. The third-order valence-electron chi connectivity index (χ3n) is 5.22. The van der Waals surface area contributed by atoms with Crippen LogP contribution in [0.2, 0.25) is 0 Å². The standard InChI is InChI=1S/C22H36F2N4O3/c1-5-25-22(27-15-18(16(2)3)28-10-12-30-13-11-28)26-9-8-17-6-7-19(29-4)20(14-17)31-21(23)24/h6-7,14,16,18,21H,5,8-13,15H2,1-4H3,(H2,25,26,27). The third kappa shape index (κ3) is 8.49. The number of rotatable bonds is 11. The summed E-state index contributed by atoms with van der Waals surface area (Å²) in [6, 6.07) is 5.43. The number of alkyl halides is 2. The van der Waals surface area contributed by atoms with E-state index >= 15 is 0 Å². The maximum Gasteiger partial charge on any atom is 0.387 e.